The van der Waals surface area contributed by atoms with Crippen LogP contribution in [-0.4, -0.2) is 28.3 Å². The standard InChI is InChI=1S/C26H42N2O4S2/c1-3-5-7-9-11-13-21-33(29,30)27-24-19-15-17-23-18-16-20-25(26(23)24)28-34(31,32)22-14-12-10-8-6-4-2/h15-20,27-28H,3-14,21-22H2,1-2H3. The third-order valence-corrected chi connectivity index (χ3v) is 8.68. The predicted octanol–water partition coefficient (Wildman–Crippen LogP) is 7.04. The highest BCUT2D eigenvalue weighted by atomic mass is 32.2. The van der Waals surface area contributed by atoms with E-state index in [1.807, 2.05) is 12.1 Å². The van der Waals surface area contributed by atoms with Crippen LogP contribution in [0, 0.1) is 0 Å². The molecule has 8 heteroatoms. The number of rotatable bonds is 18. The van der Waals surface area contributed by atoms with Crippen molar-refractivity contribution in [2.24, 2.45) is 0 Å². The van der Waals surface area contributed by atoms with Crippen LogP contribution in [0.25, 0.3) is 10.8 Å². The molecule has 2 N–H and O–H groups in total. The quantitative estimate of drug-likeness (QED) is 0.210. The summed E-state index contributed by atoms with van der Waals surface area (Å²) in [5.41, 5.74) is 0.808. The topological polar surface area (TPSA) is 92.3 Å². The van der Waals surface area contributed by atoms with Gasteiger partial charge < -0.3 is 0 Å². The Morgan fingerprint density at radius 2 is 0.941 bits per heavy atom. The van der Waals surface area contributed by atoms with E-state index in [9.17, 15) is 16.8 Å². The van der Waals surface area contributed by atoms with E-state index in [-0.39, 0.29) is 11.5 Å². The highest BCUT2D eigenvalue weighted by molar-refractivity contribution is 7.93. The van der Waals surface area contributed by atoms with E-state index >= 15 is 0 Å². The van der Waals surface area contributed by atoms with Gasteiger partial charge in [-0.25, -0.2) is 16.8 Å². The molecule has 0 unspecified atom stereocenters. The summed E-state index contributed by atoms with van der Waals surface area (Å²) in [7, 11) is -7.06. The number of unbranched alkanes of at least 4 members (excludes halogenated alkanes) is 10. The Hall–Kier alpha value is -1.80. The van der Waals surface area contributed by atoms with Gasteiger partial charge in [-0.3, -0.25) is 9.44 Å². The van der Waals surface area contributed by atoms with Crippen molar-refractivity contribution in [1.82, 2.24) is 0 Å². The van der Waals surface area contributed by atoms with Gasteiger partial charge in [0.25, 0.3) is 0 Å². The average molecular weight is 511 g/mol. The number of anilines is 2. The number of nitrogens with one attached hydrogen (secondary N) is 2. The molecular weight excluding hydrogens is 468 g/mol. The summed E-state index contributed by atoms with van der Waals surface area (Å²) in [5.74, 6) is 0.114. The Bertz CT molecular complexity index is 1000. The molecule has 0 saturated heterocycles. The maximum Gasteiger partial charge on any atom is 0.232 e. The Kier molecular flexibility index (Phi) is 12.2. The molecule has 0 saturated carbocycles. The summed E-state index contributed by atoms with van der Waals surface area (Å²) < 4.78 is 56.3. The van der Waals surface area contributed by atoms with Gasteiger partial charge in [-0.2, -0.15) is 0 Å². The number of hydrogen-bond acceptors (Lipinski definition) is 4. The zero-order valence-electron chi connectivity index (χ0n) is 20.8. The minimum atomic E-state index is -3.53. The molecule has 0 bridgehead atoms. The summed E-state index contributed by atoms with van der Waals surface area (Å²) in [6.45, 7) is 4.31. The first-order chi connectivity index (χ1) is 16.3. The molecule has 192 valence electrons. The van der Waals surface area contributed by atoms with Crippen molar-refractivity contribution in [3.8, 4) is 0 Å². The second-order valence-electron chi connectivity index (χ2n) is 9.09. The molecule has 2 aromatic rings. The predicted molar refractivity (Wildman–Crippen MR) is 146 cm³/mol. The van der Waals surface area contributed by atoms with Gasteiger partial charge in [0.2, 0.25) is 20.0 Å². The fraction of sp³-hybridized carbons (Fsp3) is 0.615. The summed E-state index contributed by atoms with van der Waals surface area (Å²) in [6.07, 6.45) is 12.0. The zero-order chi connectivity index (χ0) is 24.9. The molecular formula is C26H42N2O4S2. The third kappa shape index (κ3) is 10.2. The van der Waals surface area contributed by atoms with E-state index in [1.54, 1.807) is 24.3 Å². The molecule has 0 radical (unpaired) electrons. The summed E-state index contributed by atoms with van der Waals surface area (Å²) >= 11 is 0. The molecule has 0 amide bonds. The normalized spacial score (nSPS) is 12.2. The molecule has 0 aromatic heterocycles. The van der Waals surface area contributed by atoms with Crippen molar-refractivity contribution >= 4 is 42.2 Å². The lowest BCUT2D eigenvalue weighted by Gasteiger charge is -2.15. The van der Waals surface area contributed by atoms with E-state index in [0.29, 0.717) is 29.6 Å². The average Bonchev–Trinajstić information content (AvgIpc) is 2.78. The second kappa shape index (κ2) is 14.6. The first-order valence-corrected chi connectivity index (χ1v) is 16.1. The smallest absolute Gasteiger partial charge is 0.232 e. The van der Waals surface area contributed by atoms with Crippen molar-refractivity contribution in [2.45, 2.75) is 90.9 Å². The SMILES string of the molecule is CCCCCCCCS(=O)(=O)Nc1cccc2cccc(NS(=O)(=O)CCCCCCCC)c12. The number of hydrogen-bond donors (Lipinski definition) is 2. The third-order valence-electron chi connectivity index (χ3n) is 5.97. The Labute approximate surface area is 207 Å². The number of sulfonamides is 2. The van der Waals surface area contributed by atoms with Crippen molar-refractivity contribution < 1.29 is 16.8 Å². The lowest BCUT2D eigenvalue weighted by Crippen LogP contribution is -2.19. The summed E-state index contributed by atoms with van der Waals surface area (Å²) in [4.78, 5) is 0. The molecule has 0 spiro atoms. The molecule has 34 heavy (non-hydrogen) atoms. The maximum atomic E-state index is 12.7. The minimum Gasteiger partial charge on any atom is -0.283 e. The van der Waals surface area contributed by atoms with Crippen molar-refractivity contribution in [2.75, 3.05) is 20.9 Å². The van der Waals surface area contributed by atoms with E-state index in [1.165, 1.54) is 12.8 Å². The van der Waals surface area contributed by atoms with Crippen LogP contribution < -0.4 is 9.44 Å². The van der Waals surface area contributed by atoms with Crippen LogP contribution in [0.1, 0.15) is 90.9 Å². The summed E-state index contributed by atoms with van der Waals surface area (Å²) in [6, 6.07) is 10.6. The molecule has 2 rings (SSSR count). The van der Waals surface area contributed by atoms with Crippen LogP contribution in [0.4, 0.5) is 11.4 Å². The Balaban J connectivity index is 2.08. The first-order valence-electron chi connectivity index (χ1n) is 12.8. The molecule has 0 heterocycles. The second-order valence-corrected chi connectivity index (χ2v) is 12.8. The lowest BCUT2D eigenvalue weighted by molar-refractivity contribution is 0.587. The first kappa shape index (κ1) is 28.4. The van der Waals surface area contributed by atoms with Crippen LogP contribution >= 0.6 is 0 Å². The van der Waals surface area contributed by atoms with E-state index in [2.05, 4.69) is 23.3 Å². The molecule has 0 aliphatic rings. The molecule has 2 aromatic carbocycles. The largest absolute Gasteiger partial charge is 0.283 e. The Morgan fingerprint density at radius 1 is 0.559 bits per heavy atom. The van der Waals surface area contributed by atoms with Crippen molar-refractivity contribution in [1.29, 1.82) is 0 Å². The van der Waals surface area contributed by atoms with Gasteiger partial charge in [0, 0.05) is 5.39 Å². The van der Waals surface area contributed by atoms with Gasteiger partial charge in [-0.15, -0.1) is 0 Å². The highest BCUT2D eigenvalue weighted by Crippen LogP contribution is 2.32. The maximum absolute atomic E-state index is 12.7. The molecule has 0 aliphatic carbocycles. The molecule has 0 fully saturated rings. The Morgan fingerprint density at radius 3 is 1.35 bits per heavy atom. The summed E-state index contributed by atoms with van der Waals surface area (Å²) in [5, 5.41) is 1.35. The van der Waals surface area contributed by atoms with Crippen LogP contribution in [-0.2, 0) is 20.0 Å². The van der Waals surface area contributed by atoms with Gasteiger partial charge in [-0.1, -0.05) is 102 Å². The van der Waals surface area contributed by atoms with Gasteiger partial charge in [0.1, 0.15) is 0 Å². The van der Waals surface area contributed by atoms with Crippen LogP contribution in [0.15, 0.2) is 36.4 Å². The van der Waals surface area contributed by atoms with Gasteiger partial charge in [0.15, 0.2) is 0 Å². The number of fused-ring (bicyclic) bond motifs is 1. The van der Waals surface area contributed by atoms with Crippen molar-refractivity contribution in [3.63, 3.8) is 0 Å². The highest BCUT2D eigenvalue weighted by Gasteiger charge is 2.17. The molecule has 0 atom stereocenters. The van der Waals surface area contributed by atoms with Gasteiger partial charge in [-0.05, 0) is 30.4 Å². The van der Waals surface area contributed by atoms with Gasteiger partial charge >= 0.3 is 0 Å². The fourth-order valence-corrected chi connectivity index (χ4v) is 6.48. The fourth-order valence-electron chi connectivity index (χ4n) is 4.09. The van der Waals surface area contributed by atoms with E-state index < -0.39 is 20.0 Å². The van der Waals surface area contributed by atoms with Crippen LogP contribution in [0.3, 0.4) is 0 Å². The zero-order valence-corrected chi connectivity index (χ0v) is 22.4. The van der Waals surface area contributed by atoms with Crippen LogP contribution in [0.2, 0.25) is 0 Å². The monoisotopic (exact) mass is 510 g/mol. The number of benzene rings is 2. The van der Waals surface area contributed by atoms with Crippen molar-refractivity contribution in [3.05, 3.63) is 36.4 Å². The van der Waals surface area contributed by atoms with E-state index in [0.717, 1.165) is 56.8 Å². The minimum absolute atomic E-state index is 0.0570. The van der Waals surface area contributed by atoms with E-state index in [4.69, 9.17) is 0 Å². The molecule has 0 aliphatic heterocycles. The molecule has 6 nitrogen and oxygen atoms in total. The van der Waals surface area contributed by atoms with Gasteiger partial charge in [0.05, 0.1) is 22.9 Å². The lowest BCUT2D eigenvalue weighted by atomic mass is 10.1. The van der Waals surface area contributed by atoms with Crippen LogP contribution in [0.5, 0.6) is 0 Å².